The Balaban J connectivity index is 2.25. The van der Waals surface area contributed by atoms with Gasteiger partial charge in [0.2, 0.25) is 0 Å². The highest BCUT2D eigenvalue weighted by Gasteiger charge is 2.13. The lowest BCUT2D eigenvalue weighted by atomic mass is 10.2. The smallest absolute Gasteiger partial charge is 0.147 e. The van der Waals surface area contributed by atoms with E-state index in [9.17, 15) is 0 Å². The summed E-state index contributed by atoms with van der Waals surface area (Å²) in [5.74, 6) is 0.814. The molecule has 0 spiro atoms. The average Bonchev–Trinajstić information content (AvgIpc) is 2.88. The van der Waals surface area contributed by atoms with Gasteiger partial charge in [0.15, 0.2) is 0 Å². The van der Waals surface area contributed by atoms with Gasteiger partial charge in [0.05, 0.1) is 17.6 Å². The predicted molar refractivity (Wildman–Crippen MR) is 81.7 cm³/mol. The van der Waals surface area contributed by atoms with Crippen molar-refractivity contribution in [2.75, 3.05) is 13.7 Å². The van der Waals surface area contributed by atoms with Crippen LogP contribution < -0.4 is 10.1 Å². The average molecular weight is 342 g/mol. The number of rotatable bonds is 5. The Bertz CT molecular complexity index is 559. The van der Waals surface area contributed by atoms with Gasteiger partial charge in [-0.1, -0.05) is 18.3 Å². The first-order valence-corrected chi connectivity index (χ1v) is 7.67. The van der Waals surface area contributed by atoms with Gasteiger partial charge in [0, 0.05) is 5.56 Å². The second kappa shape index (κ2) is 6.45. The Kier molecular flexibility index (Phi) is 4.90. The molecule has 0 saturated heterocycles. The van der Waals surface area contributed by atoms with E-state index >= 15 is 0 Å². The van der Waals surface area contributed by atoms with Crippen molar-refractivity contribution in [2.24, 2.45) is 0 Å². The SMILES string of the molecule is CCNC(C)c1nnc(-c2ccc(OC)c(Br)c2)s1. The van der Waals surface area contributed by atoms with Gasteiger partial charge in [-0.25, -0.2) is 0 Å². The number of halogens is 1. The highest BCUT2D eigenvalue weighted by molar-refractivity contribution is 9.10. The highest BCUT2D eigenvalue weighted by Crippen LogP contribution is 2.32. The summed E-state index contributed by atoms with van der Waals surface area (Å²) in [6, 6.07) is 6.15. The second-order valence-electron chi connectivity index (χ2n) is 4.07. The summed E-state index contributed by atoms with van der Waals surface area (Å²) in [5.41, 5.74) is 1.04. The number of benzene rings is 1. The van der Waals surface area contributed by atoms with Crippen LogP contribution in [0.3, 0.4) is 0 Å². The van der Waals surface area contributed by atoms with Gasteiger partial charge >= 0.3 is 0 Å². The number of nitrogens with zero attached hydrogens (tertiary/aromatic N) is 2. The molecule has 1 unspecified atom stereocenters. The Morgan fingerprint density at radius 1 is 1.42 bits per heavy atom. The van der Waals surface area contributed by atoms with Crippen LogP contribution in [0.15, 0.2) is 22.7 Å². The normalized spacial score (nSPS) is 12.4. The molecule has 0 saturated carbocycles. The fraction of sp³-hybridized carbons (Fsp3) is 0.385. The minimum Gasteiger partial charge on any atom is -0.496 e. The maximum absolute atomic E-state index is 5.22. The van der Waals surface area contributed by atoms with Crippen LogP contribution in [0.25, 0.3) is 10.6 Å². The zero-order valence-corrected chi connectivity index (χ0v) is 13.5. The largest absolute Gasteiger partial charge is 0.496 e. The maximum atomic E-state index is 5.22. The molecular formula is C13H16BrN3OS. The molecule has 102 valence electrons. The lowest BCUT2D eigenvalue weighted by Crippen LogP contribution is -2.17. The van der Waals surface area contributed by atoms with Gasteiger partial charge < -0.3 is 10.1 Å². The standard InChI is InChI=1S/C13H16BrN3OS/c1-4-15-8(2)12-16-17-13(19-12)9-5-6-11(18-3)10(14)7-9/h5-8,15H,4H2,1-3H3. The van der Waals surface area contributed by atoms with Crippen LogP contribution in [-0.4, -0.2) is 23.9 Å². The van der Waals surface area contributed by atoms with Gasteiger partial charge in [-0.3, -0.25) is 0 Å². The molecule has 6 heteroatoms. The van der Waals surface area contributed by atoms with Crippen LogP contribution in [0.5, 0.6) is 5.75 Å². The molecule has 1 atom stereocenters. The van der Waals surface area contributed by atoms with E-state index in [2.05, 4.69) is 45.3 Å². The molecular weight excluding hydrogens is 326 g/mol. The molecule has 2 rings (SSSR count). The minimum absolute atomic E-state index is 0.234. The van der Waals surface area contributed by atoms with E-state index in [-0.39, 0.29) is 6.04 Å². The molecule has 2 aromatic rings. The number of nitrogens with one attached hydrogen (secondary N) is 1. The van der Waals surface area contributed by atoms with Crippen LogP contribution in [0.2, 0.25) is 0 Å². The molecule has 0 aliphatic carbocycles. The topological polar surface area (TPSA) is 47.0 Å². The van der Waals surface area contributed by atoms with Crippen molar-refractivity contribution in [3.63, 3.8) is 0 Å². The van der Waals surface area contributed by atoms with Gasteiger partial charge in [-0.15, -0.1) is 10.2 Å². The van der Waals surface area contributed by atoms with Crippen molar-refractivity contribution in [1.29, 1.82) is 0 Å². The number of ether oxygens (including phenoxy) is 1. The highest BCUT2D eigenvalue weighted by atomic mass is 79.9. The quantitative estimate of drug-likeness (QED) is 0.901. The number of methoxy groups -OCH3 is 1. The zero-order valence-electron chi connectivity index (χ0n) is 11.1. The minimum atomic E-state index is 0.234. The van der Waals surface area contributed by atoms with Crippen molar-refractivity contribution in [2.45, 2.75) is 19.9 Å². The summed E-state index contributed by atoms with van der Waals surface area (Å²) in [7, 11) is 1.65. The van der Waals surface area contributed by atoms with E-state index in [4.69, 9.17) is 4.74 Å². The van der Waals surface area contributed by atoms with Crippen LogP contribution >= 0.6 is 27.3 Å². The van der Waals surface area contributed by atoms with E-state index in [1.807, 2.05) is 18.2 Å². The molecule has 4 nitrogen and oxygen atoms in total. The lowest BCUT2D eigenvalue weighted by molar-refractivity contribution is 0.412. The van der Waals surface area contributed by atoms with Crippen LogP contribution in [0, 0.1) is 0 Å². The van der Waals surface area contributed by atoms with E-state index in [0.29, 0.717) is 0 Å². The molecule has 0 radical (unpaired) electrons. The lowest BCUT2D eigenvalue weighted by Gasteiger charge is -2.06. The third kappa shape index (κ3) is 3.32. The van der Waals surface area contributed by atoms with Gasteiger partial charge in [0.25, 0.3) is 0 Å². The summed E-state index contributed by atoms with van der Waals surface area (Å²) in [6.07, 6.45) is 0. The molecule has 1 aromatic carbocycles. The summed E-state index contributed by atoms with van der Waals surface area (Å²) >= 11 is 5.09. The fourth-order valence-electron chi connectivity index (χ4n) is 1.72. The Hall–Kier alpha value is -0.980. The summed E-state index contributed by atoms with van der Waals surface area (Å²) in [6.45, 7) is 5.10. The number of aromatic nitrogens is 2. The molecule has 1 aromatic heterocycles. The van der Waals surface area contributed by atoms with Crippen molar-refractivity contribution < 1.29 is 4.74 Å². The van der Waals surface area contributed by atoms with E-state index < -0.39 is 0 Å². The molecule has 0 amide bonds. The third-order valence-electron chi connectivity index (χ3n) is 2.72. The Morgan fingerprint density at radius 3 is 2.84 bits per heavy atom. The van der Waals surface area contributed by atoms with Crippen LogP contribution in [0.4, 0.5) is 0 Å². The summed E-state index contributed by atoms with van der Waals surface area (Å²) in [4.78, 5) is 0. The van der Waals surface area contributed by atoms with Gasteiger partial charge in [0.1, 0.15) is 15.8 Å². The first-order valence-electron chi connectivity index (χ1n) is 6.06. The van der Waals surface area contributed by atoms with E-state index in [0.717, 1.165) is 32.3 Å². The molecule has 0 aliphatic rings. The van der Waals surface area contributed by atoms with E-state index in [1.165, 1.54) is 0 Å². The number of hydrogen-bond acceptors (Lipinski definition) is 5. The summed E-state index contributed by atoms with van der Waals surface area (Å²) < 4.78 is 6.14. The zero-order chi connectivity index (χ0) is 13.8. The maximum Gasteiger partial charge on any atom is 0.147 e. The van der Waals surface area contributed by atoms with Crippen LogP contribution in [0.1, 0.15) is 24.9 Å². The molecule has 0 aliphatic heterocycles. The Morgan fingerprint density at radius 2 is 2.21 bits per heavy atom. The number of hydrogen-bond donors (Lipinski definition) is 1. The van der Waals surface area contributed by atoms with Crippen molar-refractivity contribution in [1.82, 2.24) is 15.5 Å². The monoisotopic (exact) mass is 341 g/mol. The first kappa shape index (κ1) is 14.4. The molecule has 19 heavy (non-hydrogen) atoms. The molecule has 1 N–H and O–H groups in total. The third-order valence-corrected chi connectivity index (χ3v) is 4.49. The van der Waals surface area contributed by atoms with Crippen molar-refractivity contribution in [3.05, 3.63) is 27.7 Å². The predicted octanol–water partition coefficient (Wildman–Crippen LogP) is 3.65. The second-order valence-corrected chi connectivity index (χ2v) is 5.94. The van der Waals surface area contributed by atoms with Crippen molar-refractivity contribution in [3.8, 4) is 16.3 Å². The molecule has 1 heterocycles. The van der Waals surface area contributed by atoms with E-state index in [1.54, 1.807) is 18.4 Å². The molecule has 0 bridgehead atoms. The summed E-state index contributed by atoms with van der Waals surface area (Å²) in [5, 5.41) is 13.8. The van der Waals surface area contributed by atoms with Gasteiger partial charge in [-0.2, -0.15) is 0 Å². The van der Waals surface area contributed by atoms with Crippen LogP contribution in [-0.2, 0) is 0 Å². The first-order chi connectivity index (χ1) is 9.15. The Labute approximate surface area is 125 Å². The molecule has 0 fully saturated rings. The van der Waals surface area contributed by atoms with Crippen molar-refractivity contribution >= 4 is 27.3 Å². The fourth-order valence-corrected chi connectivity index (χ4v) is 3.13. The van der Waals surface area contributed by atoms with Gasteiger partial charge in [-0.05, 0) is 47.6 Å².